The zero-order chi connectivity index (χ0) is 40.7. The van der Waals surface area contributed by atoms with Gasteiger partial charge in [-0.25, -0.2) is 4.98 Å². The van der Waals surface area contributed by atoms with Crippen LogP contribution in [0.2, 0.25) is 0 Å². The molecular formula is C42H59N5O8S. The molecule has 1 aliphatic rings. The van der Waals surface area contributed by atoms with Crippen LogP contribution in [0.15, 0.2) is 54.0 Å². The van der Waals surface area contributed by atoms with Crippen LogP contribution in [0.5, 0.6) is 5.75 Å². The molecule has 14 heteroatoms. The second-order valence-corrected chi connectivity index (χ2v) is 16.7. The summed E-state index contributed by atoms with van der Waals surface area (Å²) in [6.45, 7) is 13.2. The standard InChI is InChI=1S/C42H59N5O8S/c1-29-37(56-28-44-29)31-13-11-30(12-14-31)24-43-39(51)35-23-33(49)25-47(35)40(52)38(41(2,3)4)45-36(50)26-54-21-10-20-53-19-8-7-9-22-55-34-17-15-32(16-18-34)46-42(5,6)27-48/h11-18,27-28,33,35,38,46,49H,7-10,19-26H2,1-6H3,(H,43,51)(H,45,50)/t33-,35+,38-/m1/s1. The minimum Gasteiger partial charge on any atom is -0.494 e. The number of ether oxygens (including phenoxy) is 3. The van der Waals surface area contributed by atoms with Gasteiger partial charge < -0.3 is 45.0 Å². The van der Waals surface area contributed by atoms with E-state index in [1.807, 2.05) is 95.6 Å². The summed E-state index contributed by atoms with van der Waals surface area (Å²) in [5.74, 6) is -0.436. The Hall–Kier alpha value is -4.37. The Bertz CT molecular complexity index is 1710. The maximum Gasteiger partial charge on any atom is 0.246 e. The number of hydrogen-bond acceptors (Lipinski definition) is 11. The van der Waals surface area contributed by atoms with Crippen molar-refractivity contribution < 1.29 is 38.5 Å². The summed E-state index contributed by atoms with van der Waals surface area (Å²) in [6.07, 6.45) is 3.51. The maximum absolute atomic E-state index is 13.9. The van der Waals surface area contributed by atoms with E-state index in [9.17, 15) is 24.3 Å². The molecule has 1 fully saturated rings. The normalized spacial score (nSPS) is 16.3. The average molecular weight is 794 g/mol. The summed E-state index contributed by atoms with van der Waals surface area (Å²) in [6, 6.07) is 13.6. The molecule has 306 valence electrons. The number of aryl methyl sites for hydroxylation is 1. The molecule has 0 aliphatic carbocycles. The molecule has 3 aromatic rings. The van der Waals surface area contributed by atoms with E-state index in [1.54, 1.807) is 11.3 Å². The van der Waals surface area contributed by atoms with Crippen LogP contribution in [-0.2, 0) is 35.2 Å². The van der Waals surface area contributed by atoms with Gasteiger partial charge in [-0.1, -0.05) is 45.0 Å². The molecular weight excluding hydrogens is 735 g/mol. The minimum atomic E-state index is -0.930. The molecule has 2 heterocycles. The van der Waals surface area contributed by atoms with Gasteiger partial charge in [-0.05, 0) is 87.3 Å². The number of nitrogens with zero attached hydrogens (tertiary/aromatic N) is 2. The lowest BCUT2D eigenvalue weighted by molar-refractivity contribution is -0.144. The van der Waals surface area contributed by atoms with Crippen molar-refractivity contribution in [2.24, 2.45) is 5.41 Å². The van der Waals surface area contributed by atoms with Crippen molar-refractivity contribution in [1.82, 2.24) is 20.5 Å². The van der Waals surface area contributed by atoms with E-state index in [0.717, 1.165) is 58.7 Å². The molecule has 13 nitrogen and oxygen atoms in total. The van der Waals surface area contributed by atoms with E-state index >= 15 is 0 Å². The van der Waals surface area contributed by atoms with E-state index in [1.165, 1.54) is 4.90 Å². The van der Waals surface area contributed by atoms with E-state index in [0.29, 0.717) is 32.8 Å². The molecule has 2 aromatic carbocycles. The summed E-state index contributed by atoms with van der Waals surface area (Å²) in [7, 11) is 0. The van der Waals surface area contributed by atoms with Gasteiger partial charge in [0.2, 0.25) is 17.7 Å². The molecule has 0 radical (unpaired) electrons. The maximum atomic E-state index is 13.9. The van der Waals surface area contributed by atoms with Crippen molar-refractivity contribution in [3.63, 3.8) is 0 Å². The van der Waals surface area contributed by atoms with Gasteiger partial charge in [-0.2, -0.15) is 0 Å². The smallest absolute Gasteiger partial charge is 0.246 e. The van der Waals surface area contributed by atoms with Crippen LogP contribution in [0.25, 0.3) is 10.4 Å². The zero-order valence-corrected chi connectivity index (χ0v) is 34.4. The van der Waals surface area contributed by atoms with Crippen molar-refractivity contribution in [1.29, 1.82) is 0 Å². The number of benzene rings is 2. The lowest BCUT2D eigenvalue weighted by atomic mass is 9.85. The molecule has 0 bridgehead atoms. The predicted molar refractivity (Wildman–Crippen MR) is 217 cm³/mol. The van der Waals surface area contributed by atoms with E-state index < -0.39 is 41.0 Å². The third kappa shape index (κ3) is 14.0. The molecule has 4 N–H and O–H groups in total. The Morgan fingerprint density at radius 3 is 2.29 bits per heavy atom. The Balaban J connectivity index is 1.10. The number of unbranched alkanes of at least 4 members (excludes halogenated alkanes) is 2. The summed E-state index contributed by atoms with van der Waals surface area (Å²) in [4.78, 5) is 58.0. The number of anilines is 1. The molecule has 4 rings (SSSR count). The number of aliphatic hydroxyl groups excluding tert-OH is 1. The molecule has 3 amide bonds. The van der Waals surface area contributed by atoms with Crippen molar-refractivity contribution in [2.45, 2.75) is 104 Å². The van der Waals surface area contributed by atoms with Crippen LogP contribution in [0.4, 0.5) is 5.69 Å². The number of likely N-dealkylation sites (tertiary alicyclic amines) is 1. The molecule has 1 saturated heterocycles. The number of hydrogen-bond donors (Lipinski definition) is 4. The quantitative estimate of drug-likeness (QED) is 0.0776. The van der Waals surface area contributed by atoms with Gasteiger partial charge in [-0.3, -0.25) is 14.4 Å². The van der Waals surface area contributed by atoms with Gasteiger partial charge in [0.25, 0.3) is 0 Å². The molecule has 3 atom stereocenters. The number of aliphatic hydroxyl groups is 1. The number of β-amino-alcohol motifs (C(OH)–C–C–N with tert-alkyl or cyclic N) is 1. The third-order valence-electron chi connectivity index (χ3n) is 9.34. The largest absolute Gasteiger partial charge is 0.494 e. The number of carbonyl (C=O) groups excluding carboxylic acids is 4. The van der Waals surface area contributed by atoms with Crippen LogP contribution >= 0.6 is 11.3 Å². The first kappa shape index (κ1) is 44.3. The number of carbonyl (C=O) groups is 4. The van der Waals surface area contributed by atoms with Gasteiger partial charge in [0.15, 0.2) is 0 Å². The summed E-state index contributed by atoms with van der Waals surface area (Å²) < 4.78 is 17.1. The van der Waals surface area contributed by atoms with Crippen LogP contribution in [0.1, 0.15) is 78.0 Å². The van der Waals surface area contributed by atoms with Crippen molar-refractivity contribution in [3.05, 3.63) is 65.3 Å². The van der Waals surface area contributed by atoms with Crippen molar-refractivity contribution in [2.75, 3.05) is 44.9 Å². The lowest BCUT2D eigenvalue weighted by Crippen LogP contribution is -2.58. The second kappa shape index (κ2) is 21.2. The number of nitrogens with one attached hydrogen (secondary N) is 3. The summed E-state index contributed by atoms with van der Waals surface area (Å²) in [5.41, 5.74) is 4.31. The van der Waals surface area contributed by atoms with Gasteiger partial charge in [-0.15, -0.1) is 11.3 Å². The van der Waals surface area contributed by atoms with Crippen molar-refractivity contribution >= 4 is 41.0 Å². The first-order valence-corrected chi connectivity index (χ1v) is 20.2. The highest BCUT2D eigenvalue weighted by Gasteiger charge is 2.44. The summed E-state index contributed by atoms with van der Waals surface area (Å²) >= 11 is 1.58. The molecule has 0 saturated carbocycles. The Labute approximate surface area is 334 Å². The Kier molecular flexibility index (Phi) is 16.8. The van der Waals surface area contributed by atoms with Crippen LogP contribution in [0, 0.1) is 12.3 Å². The van der Waals surface area contributed by atoms with E-state index in [-0.39, 0.29) is 32.0 Å². The van der Waals surface area contributed by atoms with Crippen molar-refractivity contribution in [3.8, 4) is 16.2 Å². The zero-order valence-electron chi connectivity index (χ0n) is 33.6. The summed E-state index contributed by atoms with van der Waals surface area (Å²) in [5, 5.41) is 19.4. The van der Waals surface area contributed by atoms with Gasteiger partial charge in [0, 0.05) is 45.0 Å². The Morgan fingerprint density at radius 1 is 0.946 bits per heavy atom. The van der Waals surface area contributed by atoms with Crippen LogP contribution < -0.4 is 20.7 Å². The topological polar surface area (TPSA) is 168 Å². The third-order valence-corrected chi connectivity index (χ3v) is 10.3. The van der Waals surface area contributed by atoms with Gasteiger partial charge in [0.05, 0.1) is 34.3 Å². The average Bonchev–Trinajstić information content (AvgIpc) is 3.78. The molecule has 1 aromatic heterocycles. The fraction of sp³-hybridized carbons (Fsp3) is 0.548. The monoisotopic (exact) mass is 793 g/mol. The lowest BCUT2D eigenvalue weighted by Gasteiger charge is -2.35. The van der Waals surface area contributed by atoms with Crippen LogP contribution in [0.3, 0.4) is 0 Å². The number of amides is 3. The highest BCUT2D eigenvalue weighted by molar-refractivity contribution is 7.13. The van der Waals surface area contributed by atoms with Crippen LogP contribution in [-0.4, -0.2) is 102 Å². The molecule has 0 spiro atoms. The number of rotatable bonds is 22. The van der Waals surface area contributed by atoms with E-state index in [4.69, 9.17) is 14.2 Å². The number of aldehydes is 1. The second-order valence-electron chi connectivity index (χ2n) is 15.9. The number of thiazole rings is 1. The fourth-order valence-corrected chi connectivity index (χ4v) is 7.03. The molecule has 56 heavy (non-hydrogen) atoms. The predicted octanol–water partition coefficient (Wildman–Crippen LogP) is 5.29. The fourth-order valence-electron chi connectivity index (χ4n) is 6.22. The molecule has 0 unspecified atom stereocenters. The first-order chi connectivity index (χ1) is 26.7. The SMILES string of the molecule is Cc1ncsc1-c1ccc(CNC(=O)[C@@H]2C[C@@H](O)CN2C(=O)[C@@H](NC(=O)COCCCOCCCCCOc2ccc(NC(C)(C)C=O)cc2)C(C)(C)C)cc1. The number of aromatic nitrogens is 1. The minimum absolute atomic E-state index is 0.00282. The highest BCUT2D eigenvalue weighted by Crippen LogP contribution is 2.28. The van der Waals surface area contributed by atoms with Gasteiger partial charge >= 0.3 is 0 Å². The van der Waals surface area contributed by atoms with E-state index in [2.05, 4.69) is 20.9 Å². The molecule has 1 aliphatic heterocycles. The first-order valence-electron chi connectivity index (χ1n) is 19.3. The Morgan fingerprint density at radius 2 is 1.62 bits per heavy atom. The van der Waals surface area contributed by atoms with Gasteiger partial charge in [0.1, 0.15) is 30.7 Å². The highest BCUT2D eigenvalue weighted by atomic mass is 32.1.